The van der Waals surface area contributed by atoms with E-state index in [0.717, 1.165) is 31.8 Å². The molecule has 0 fully saturated rings. The molecule has 100 valence electrons. The van der Waals surface area contributed by atoms with Crippen LogP contribution in [0.5, 0.6) is 5.75 Å². The average molecular weight is 249 g/mol. The van der Waals surface area contributed by atoms with Crippen molar-refractivity contribution in [2.75, 3.05) is 27.4 Å². The Kier molecular flexibility index (Phi) is 5.02. The Hall–Kier alpha value is -1.06. The lowest BCUT2D eigenvalue weighted by Gasteiger charge is -2.26. The molecule has 0 amide bonds. The van der Waals surface area contributed by atoms with Crippen molar-refractivity contribution in [1.29, 1.82) is 0 Å². The molecular formula is C15H23NO2. The highest BCUT2D eigenvalue weighted by Crippen LogP contribution is 2.35. The van der Waals surface area contributed by atoms with E-state index in [0.29, 0.717) is 6.04 Å². The van der Waals surface area contributed by atoms with E-state index in [1.54, 1.807) is 7.11 Å². The third kappa shape index (κ3) is 3.03. The first-order chi connectivity index (χ1) is 8.86. The van der Waals surface area contributed by atoms with E-state index in [1.807, 2.05) is 7.05 Å². The number of ether oxygens (including phenoxy) is 2. The molecule has 3 heteroatoms. The van der Waals surface area contributed by atoms with Crippen LogP contribution in [0, 0.1) is 0 Å². The van der Waals surface area contributed by atoms with Crippen LogP contribution in [0.4, 0.5) is 0 Å². The monoisotopic (exact) mass is 249 g/mol. The van der Waals surface area contributed by atoms with Crippen molar-refractivity contribution in [3.8, 4) is 5.75 Å². The maximum Gasteiger partial charge on any atom is 0.122 e. The first kappa shape index (κ1) is 13.4. The van der Waals surface area contributed by atoms with Crippen LogP contribution >= 0.6 is 0 Å². The van der Waals surface area contributed by atoms with Crippen molar-refractivity contribution in [3.63, 3.8) is 0 Å². The Morgan fingerprint density at radius 1 is 1.33 bits per heavy atom. The summed E-state index contributed by atoms with van der Waals surface area (Å²) < 4.78 is 10.9. The smallest absolute Gasteiger partial charge is 0.122 e. The molecule has 0 bridgehead atoms. The SMILES string of the molecule is CNC1CCCc2c(OCCCOC)cccc21. The van der Waals surface area contributed by atoms with E-state index in [9.17, 15) is 0 Å². The van der Waals surface area contributed by atoms with Gasteiger partial charge in [-0.15, -0.1) is 0 Å². The Bertz CT molecular complexity index is 379. The van der Waals surface area contributed by atoms with E-state index in [1.165, 1.54) is 24.0 Å². The van der Waals surface area contributed by atoms with Crippen LogP contribution in [0.3, 0.4) is 0 Å². The second kappa shape index (κ2) is 6.76. The summed E-state index contributed by atoms with van der Waals surface area (Å²) in [6, 6.07) is 6.89. The fourth-order valence-electron chi connectivity index (χ4n) is 2.64. The lowest BCUT2D eigenvalue weighted by atomic mass is 9.87. The number of rotatable bonds is 6. The Balaban J connectivity index is 2.07. The van der Waals surface area contributed by atoms with Crippen LogP contribution < -0.4 is 10.1 Å². The van der Waals surface area contributed by atoms with E-state index in [4.69, 9.17) is 9.47 Å². The molecule has 0 saturated heterocycles. The minimum Gasteiger partial charge on any atom is -0.493 e. The third-order valence-corrected chi connectivity index (χ3v) is 3.56. The quantitative estimate of drug-likeness (QED) is 0.786. The number of methoxy groups -OCH3 is 1. The van der Waals surface area contributed by atoms with E-state index < -0.39 is 0 Å². The zero-order chi connectivity index (χ0) is 12.8. The molecule has 18 heavy (non-hydrogen) atoms. The number of nitrogens with one attached hydrogen (secondary N) is 1. The lowest BCUT2D eigenvalue weighted by molar-refractivity contribution is 0.171. The first-order valence-electron chi connectivity index (χ1n) is 6.77. The van der Waals surface area contributed by atoms with Crippen molar-refractivity contribution in [2.24, 2.45) is 0 Å². The van der Waals surface area contributed by atoms with Crippen molar-refractivity contribution in [1.82, 2.24) is 5.32 Å². The van der Waals surface area contributed by atoms with Gasteiger partial charge in [-0.25, -0.2) is 0 Å². The molecule has 1 aromatic rings. The van der Waals surface area contributed by atoms with Crippen LogP contribution in [-0.2, 0) is 11.2 Å². The van der Waals surface area contributed by atoms with Gasteiger partial charge in [0.25, 0.3) is 0 Å². The minimum absolute atomic E-state index is 0.483. The molecule has 3 nitrogen and oxygen atoms in total. The summed E-state index contributed by atoms with van der Waals surface area (Å²) in [5.41, 5.74) is 2.80. The topological polar surface area (TPSA) is 30.5 Å². The van der Waals surface area contributed by atoms with Crippen molar-refractivity contribution < 1.29 is 9.47 Å². The van der Waals surface area contributed by atoms with Crippen LogP contribution in [0.1, 0.15) is 36.4 Å². The zero-order valence-corrected chi connectivity index (χ0v) is 11.4. The summed E-state index contributed by atoms with van der Waals surface area (Å²) in [5.74, 6) is 1.06. The fourth-order valence-corrected chi connectivity index (χ4v) is 2.64. The average Bonchev–Trinajstić information content (AvgIpc) is 2.43. The highest BCUT2D eigenvalue weighted by Gasteiger charge is 2.21. The van der Waals surface area contributed by atoms with Gasteiger partial charge in [-0.2, -0.15) is 0 Å². The zero-order valence-electron chi connectivity index (χ0n) is 11.4. The second-order valence-electron chi connectivity index (χ2n) is 4.75. The van der Waals surface area contributed by atoms with E-state index in [2.05, 4.69) is 23.5 Å². The molecule has 1 N–H and O–H groups in total. The van der Waals surface area contributed by atoms with Crippen LogP contribution in [-0.4, -0.2) is 27.4 Å². The maximum atomic E-state index is 5.89. The number of fused-ring (bicyclic) bond motifs is 1. The van der Waals surface area contributed by atoms with Gasteiger partial charge in [0.1, 0.15) is 5.75 Å². The number of hydrogen-bond donors (Lipinski definition) is 1. The van der Waals surface area contributed by atoms with Gasteiger partial charge >= 0.3 is 0 Å². The Morgan fingerprint density at radius 2 is 2.22 bits per heavy atom. The largest absolute Gasteiger partial charge is 0.493 e. The molecule has 1 unspecified atom stereocenters. The van der Waals surface area contributed by atoms with Crippen molar-refractivity contribution >= 4 is 0 Å². The van der Waals surface area contributed by atoms with Crippen LogP contribution in [0.2, 0.25) is 0 Å². The lowest BCUT2D eigenvalue weighted by Crippen LogP contribution is -2.22. The van der Waals surface area contributed by atoms with Gasteiger partial charge in [0.15, 0.2) is 0 Å². The molecule has 0 aromatic heterocycles. The predicted molar refractivity (Wildman–Crippen MR) is 73.2 cm³/mol. The molecule has 2 rings (SSSR count). The molecule has 1 atom stereocenters. The van der Waals surface area contributed by atoms with E-state index in [-0.39, 0.29) is 0 Å². The predicted octanol–water partition coefficient (Wildman–Crippen LogP) is 2.70. The Labute approximate surface area is 109 Å². The van der Waals surface area contributed by atoms with Gasteiger partial charge in [-0.05, 0) is 43.5 Å². The maximum absolute atomic E-state index is 5.89. The second-order valence-corrected chi connectivity index (χ2v) is 4.75. The molecule has 0 radical (unpaired) electrons. The minimum atomic E-state index is 0.483. The molecule has 0 saturated carbocycles. The molecule has 0 heterocycles. The van der Waals surface area contributed by atoms with Crippen molar-refractivity contribution in [2.45, 2.75) is 31.7 Å². The summed E-state index contributed by atoms with van der Waals surface area (Å²) in [4.78, 5) is 0. The summed E-state index contributed by atoms with van der Waals surface area (Å²) in [6.07, 6.45) is 4.52. The molecule has 1 aromatic carbocycles. The summed E-state index contributed by atoms with van der Waals surface area (Å²) >= 11 is 0. The van der Waals surface area contributed by atoms with Gasteiger partial charge in [0.05, 0.1) is 6.61 Å². The molecule has 0 aliphatic heterocycles. The highest BCUT2D eigenvalue weighted by molar-refractivity contribution is 5.43. The fraction of sp³-hybridized carbons (Fsp3) is 0.600. The van der Waals surface area contributed by atoms with Crippen molar-refractivity contribution in [3.05, 3.63) is 29.3 Å². The standard InChI is InChI=1S/C15H23NO2/c1-16-14-8-3-7-13-12(14)6-4-9-15(13)18-11-5-10-17-2/h4,6,9,14,16H,3,5,7-8,10-11H2,1-2H3. The van der Waals surface area contributed by atoms with E-state index >= 15 is 0 Å². The van der Waals surface area contributed by atoms with Crippen LogP contribution in [0.15, 0.2) is 18.2 Å². The normalized spacial score (nSPS) is 18.4. The molecule has 0 spiro atoms. The third-order valence-electron chi connectivity index (χ3n) is 3.56. The summed E-state index contributed by atoms with van der Waals surface area (Å²) in [7, 11) is 3.76. The van der Waals surface area contributed by atoms with Gasteiger partial charge in [0.2, 0.25) is 0 Å². The summed E-state index contributed by atoms with van der Waals surface area (Å²) in [6.45, 7) is 1.49. The van der Waals surface area contributed by atoms with Gasteiger partial charge in [-0.1, -0.05) is 12.1 Å². The molecule has 1 aliphatic carbocycles. The van der Waals surface area contributed by atoms with Gasteiger partial charge in [-0.3, -0.25) is 0 Å². The molecule has 1 aliphatic rings. The van der Waals surface area contributed by atoms with Crippen LogP contribution in [0.25, 0.3) is 0 Å². The number of benzene rings is 1. The number of hydrogen-bond acceptors (Lipinski definition) is 3. The summed E-state index contributed by atoms with van der Waals surface area (Å²) in [5, 5.41) is 3.39. The first-order valence-corrected chi connectivity index (χ1v) is 6.77. The molecular weight excluding hydrogens is 226 g/mol. The van der Waals surface area contributed by atoms with Gasteiger partial charge in [0, 0.05) is 26.2 Å². The Morgan fingerprint density at radius 3 is 3.00 bits per heavy atom. The highest BCUT2D eigenvalue weighted by atomic mass is 16.5. The van der Waals surface area contributed by atoms with Gasteiger partial charge < -0.3 is 14.8 Å².